The third-order valence-corrected chi connectivity index (χ3v) is 5.40. The van der Waals surface area contributed by atoms with Crippen LogP contribution in [0.3, 0.4) is 0 Å². The third-order valence-electron chi connectivity index (χ3n) is 2.44. The quantitative estimate of drug-likeness (QED) is 0.745. The highest BCUT2D eigenvalue weighted by Gasteiger charge is 2.36. The van der Waals surface area contributed by atoms with Gasteiger partial charge in [0.1, 0.15) is 0 Å². The molecular formula is C11H20N2S2. The molecule has 1 aliphatic rings. The maximum absolute atomic E-state index is 6.20. The molecule has 1 unspecified atom stereocenters. The minimum Gasteiger partial charge on any atom is -0.399 e. The molecule has 0 spiro atoms. The standard InChI is InChI=1S/C11H20N2S2/c1-4-14-11(15-5-2)7-8(3)9(12)6-10(11)13/h6-7,10H,4-5,12-13H2,1-3H3. The van der Waals surface area contributed by atoms with Gasteiger partial charge in [-0.1, -0.05) is 19.9 Å². The Kier molecular flexibility index (Phi) is 4.62. The van der Waals surface area contributed by atoms with E-state index >= 15 is 0 Å². The molecule has 0 amide bonds. The summed E-state index contributed by atoms with van der Waals surface area (Å²) in [5, 5.41) is 0. The topological polar surface area (TPSA) is 52.0 Å². The van der Waals surface area contributed by atoms with Crippen molar-refractivity contribution in [1.29, 1.82) is 0 Å². The number of rotatable bonds is 4. The lowest BCUT2D eigenvalue weighted by Gasteiger charge is -2.37. The summed E-state index contributed by atoms with van der Waals surface area (Å²) in [5.74, 6) is 2.14. The highest BCUT2D eigenvalue weighted by Crippen LogP contribution is 2.44. The van der Waals surface area contributed by atoms with E-state index in [1.54, 1.807) is 0 Å². The van der Waals surface area contributed by atoms with Crippen molar-refractivity contribution in [3.05, 3.63) is 23.4 Å². The van der Waals surface area contributed by atoms with E-state index in [0.717, 1.165) is 22.8 Å². The number of hydrogen-bond acceptors (Lipinski definition) is 4. The Morgan fingerprint density at radius 2 is 1.87 bits per heavy atom. The van der Waals surface area contributed by atoms with E-state index in [9.17, 15) is 0 Å². The molecule has 86 valence electrons. The summed E-state index contributed by atoms with van der Waals surface area (Å²) in [6.07, 6.45) is 4.22. The van der Waals surface area contributed by atoms with Crippen molar-refractivity contribution in [3.8, 4) is 0 Å². The van der Waals surface area contributed by atoms with Gasteiger partial charge >= 0.3 is 0 Å². The molecule has 0 bridgehead atoms. The van der Waals surface area contributed by atoms with Gasteiger partial charge in [0.15, 0.2) is 0 Å². The SMILES string of the molecule is CCSC1(SCC)C=C(C)C(N)=CC1N. The predicted octanol–water partition coefficient (Wildman–Crippen LogP) is 2.32. The summed E-state index contributed by atoms with van der Waals surface area (Å²) in [6.45, 7) is 6.39. The van der Waals surface area contributed by atoms with E-state index in [4.69, 9.17) is 11.5 Å². The average molecular weight is 244 g/mol. The van der Waals surface area contributed by atoms with Crippen LogP contribution in [-0.4, -0.2) is 21.6 Å². The molecule has 15 heavy (non-hydrogen) atoms. The van der Waals surface area contributed by atoms with Crippen molar-refractivity contribution in [3.63, 3.8) is 0 Å². The van der Waals surface area contributed by atoms with Crippen LogP contribution in [0.5, 0.6) is 0 Å². The first-order valence-corrected chi connectivity index (χ1v) is 7.23. The molecule has 1 rings (SSSR count). The zero-order chi connectivity index (χ0) is 11.5. The fraction of sp³-hybridized carbons (Fsp3) is 0.636. The molecule has 1 aliphatic carbocycles. The maximum Gasteiger partial charge on any atom is 0.0984 e. The summed E-state index contributed by atoms with van der Waals surface area (Å²) in [5.41, 5.74) is 14.0. The van der Waals surface area contributed by atoms with Gasteiger partial charge < -0.3 is 11.5 Å². The summed E-state index contributed by atoms with van der Waals surface area (Å²) in [6, 6.07) is 0.0103. The molecule has 4 N–H and O–H groups in total. The molecule has 4 heteroatoms. The monoisotopic (exact) mass is 244 g/mol. The summed E-state index contributed by atoms with van der Waals surface area (Å²) in [4.78, 5) is 0. The van der Waals surface area contributed by atoms with Crippen LogP contribution < -0.4 is 11.5 Å². The average Bonchev–Trinajstić information content (AvgIpc) is 2.16. The zero-order valence-corrected chi connectivity index (χ0v) is 11.3. The van der Waals surface area contributed by atoms with Crippen LogP contribution in [0.2, 0.25) is 0 Å². The number of hydrogen-bond donors (Lipinski definition) is 2. The highest BCUT2D eigenvalue weighted by molar-refractivity contribution is 8.18. The van der Waals surface area contributed by atoms with Gasteiger partial charge in [-0.15, -0.1) is 23.5 Å². The summed E-state index contributed by atoms with van der Waals surface area (Å²) < 4.78 is -0.0174. The van der Waals surface area contributed by atoms with Gasteiger partial charge in [0.25, 0.3) is 0 Å². The van der Waals surface area contributed by atoms with Gasteiger partial charge in [-0.05, 0) is 30.1 Å². The van der Waals surface area contributed by atoms with Gasteiger partial charge in [0.2, 0.25) is 0 Å². The van der Waals surface area contributed by atoms with Gasteiger partial charge in [-0.25, -0.2) is 0 Å². The minimum absolute atomic E-state index is 0.0103. The summed E-state index contributed by atoms with van der Waals surface area (Å²) >= 11 is 3.80. The van der Waals surface area contributed by atoms with Crippen molar-refractivity contribution >= 4 is 23.5 Å². The van der Waals surface area contributed by atoms with Crippen LogP contribution in [0.1, 0.15) is 20.8 Å². The van der Waals surface area contributed by atoms with Gasteiger partial charge in [-0.2, -0.15) is 0 Å². The molecule has 0 aromatic heterocycles. The smallest absolute Gasteiger partial charge is 0.0984 e. The molecule has 0 fully saturated rings. The maximum atomic E-state index is 6.20. The van der Waals surface area contributed by atoms with Crippen LogP contribution in [0, 0.1) is 0 Å². The Bertz CT molecular complexity index is 278. The molecule has 2 nitrogen and oxygen atoms in total. The molecule has 0 radical (unpaired) electrons. The van der Waals surface area contributed by atoms with Crippen LogP contribution in [0.15, 0.2) is 23.4 Å². The lowest BCUT2D eigenvalue weighted by atomic mass is 10.0. The molecule has 0 saturated heterocycles. The second-order valence-corrected chi connectivity index (χ2v) is 6.90. The first-order valence-electron chi connectivity index (χ1n) is 5.26. The van der Waals surface area contributed by atoms with Crippen molar-refractivity contribution in [2.45, 2.75) is 30.9 Å². The normalized spacial score (nSPS) is 24.7. The number of nitrogens with two attached hydrogens (primary N) is 2. The summed E-state index contributed by atoms with van der Waals surface area (Å²) in [7, 11) is 0. The fourth-order valence-corrected chi connectivity index (χ4v) is 4.68. The largest absolute Gasteiger partial charge is 0.399 e. The molecule has 1 atom stereocenters. The van der Waals surface area contributed by atoms with Gasteiger partial charge in [0.05, 0.1) is 10.1 Å². The van der Waals surface area contributed by atoms with Gasteiger partial charge in [0, 0.05) is 5.70 Å². The minimum atomic E-state index is -0.0174. The number of allylic oxidation sites excluding steroid dienone is 1. The van der Waals surface area contributed by atoms with Crippen LogP contribution >= 0.6 is 23.5 Å². The molecular weight excluding hydrogens is 224 g/mol. The van der Waals surface area contributed by atoms with Crippen molar-refractivity contribution in [2.24, 2.45) is 11.5 Å². The molecule has 0 aliphatic heterocycles. The lowest BCUT2D eigenvalue weighted by molar-refractivity contribution is 0.779. The molecule has 0 aromatic carbocycles. The Labute approximate surface area is 101 Å². The first kappa shape index (κ1) is 13.0. The van der Waals surface area contributed by atoms with Crippen molar-refractivity contribution in [2.75, 3.05) is 11.5 Å². The van der Waals surface area contributed by atoms with E-state index in [2.05, 4.69) is 26.8 Å². The molecule has 0 saturated carbocycles. The third kappa shape index (κ3) is 2.74. The van der Waals surface area contributed by atoms with E-state index in [1.807, 2.05) is 29.6 Å². The Morgan fingerprint density at radius 3 is 2.33 bits per heavy atom. The van der Waals surface area contributed by atoms with E-state index in [0.29, 0.717) is 0 Å². The second-order valence-electron chi connectivity index (χ2n) is 3.56. The van der Waals surface area contributed by atoms with Crippen molar-refractivity contribution < 1.29 is 0 Å². The lowest BCUT2D eigenvalue weighted by Crippen LogP contribution is -2.43. The first-order chi connectivity index (χ1) is 7.05. The second kappa shape index (κ2) is 5.32. The van der Waals surface area contributed by atoms with Crippen molar-refractivity contribution in [1.82, 2.24) is 0 Å². The Morgan fingerprint density at radius 1 is 1.33 bits per heavy atom. The fourth-order valence-electron chi connectivity index (χ4n) is 1.69. The highest BCUT2D eigenvalue weighted by atomic mass is 32.2. The van der Waals surface area contributed by atoms with E-state index in [-0.39, 0.29) is 10.1 Å². The Hall–Kier alpha value is -0.0600. The molecule has 0 aromatic rings. The van der Waals surface area contributed by atoms with E-state index < -0.39 is 0 Å². The van der Waals surface area contributed by atoms with Crippen LogP contribution in [0.4, 0.5) is 0 Å². The zero-order valence-electron chi connectivity index (χ0n) is 9.62. The van der Waals surface area contributed by atoms with Crippen LogP contribution in [0.25, 0.3) is 0 Å². The van der Waals surface area contributed by atoms with Gasteiger partial charge in [-0.3, -0.25) is 0 Å². The number of thioether (sulfide) groups is 2. The Balaban J connectivity index is 2.98. The molecule has 0 heterocycles. The van der Waals surface area contributed by atoms with Crippen LogP contribution in [-0.2, 0) is 0 Å². The predicted molar refractivity (Wildman–Crippen MR) is 73.0 cm³/mol. The van der Waals surface area contributed by atoms with E-state index in [1.165, 1.54) is 0 Å².